The Kier molecular flexibility index (Phi) is 2.96. The van der Waals surface area contributed by atoms with E-state index in [2.05, 4.69) is 16.8 Å². The molecule has 1 fully saturated rings. The fourth-order valence-electron chi connectivity index (χ4n) is 2.78. The van der Waals surface area contributed by atoms with Crippen LogP contribution in [0.5, 0.6) is 0 Å². The molecule has 1 aliphatic heterocycles. The van der Waals surface area contributed by atoms with Gasteiger partial charge in [0.1, 0.15) is 11.4 Å². The predicted octanol–water partition coefficient (Wildman–Crippen LogP) is 2.25. The van der Waals surface area contributed by atoms with Gasteiger partial charge in [0, 0.05) is 19.3 Å². The predicted molar refractivity (Wildman–Crippen MR) is 72.5 cm³/mol. The SMILES string of the molecule is CC1CCN(c2nccc3occc23)CC1CN. The highest BCUT2D eigenvalue weighted by molar-refractivity contribution is 5.88. The molecule has 0 bridgehead atoms. The van der Waals surface area contributed by atoms with Gasteiger partial charge in [-0.1, -0.05) is 6.92 Å². The quantitative estimate of drug-likeness (QED) is 0.881. The van der Waals surface area contributed by atoms with Crippen molar-refractivity contribution < 1.29 is 4.42 Å². The third kappa shape index (κ3) is 1.86. The lowest BCUT2D eigenvalue weighted by atomic mass is 9.87. The molecule has 2 atom stereocenters. The second-order valence-electron chi connectivity index (χ2n) is 5.17. The normalized spacial score (nSPS) is 24.7. The van der Waals surface area contributed by atoms with E-state index in [1.54, 1.807) is 6.26 Å². The van der Waals surface area contributed by atoms with Gasteiger partial charge in [-0.05, 0) is 36.9 Å². The minimum Gasteiger partial charge on any atom is -0.464 e. The Hall–Kier alpha value is -1.55. The van der Waals surface area contributed by atoms with Crippen molar-refractivity contribution in [3.63, 3.8) is 0 Å². The first kappa shape index (κ1) is 11.5. The van der Waals surface area contributed by atoms with E-state index in [0.29, 0.717) is 11.8 Å². The van der Waals surface area contributed by atoms with Gasteiger partial charge in [-0.25, -0.2) is 4.98 Å². The number of pyridine rings is 1. The molecular formula is C14H19N3O. The summed E-state index contributed by atoms with van der Waals surface area (Å²) >= 11 is 0. The largest absolute Gasteiger partial charge is 0.464 e. The van der Waals surface area contributed by atoms with E-state index in [4.69, 9.17) is 10.2 Å². The van der Waals surface area contributed by atoms with Crippen LogP contribution in [-0.2, 0) is 0 Å². The van der Waals surface area contributed by atoms with E-state index in [-0.39, 0.29) is 0 Å². The number of fused-ring (bicyclic) bond motifs is 1. The van der Waals surface area contributed by atoms with Crippen LogP contribution in [0.15, 0.2) is 29.0 Å². The Morgan fingerprint density at radius 1 is 1.50 bits per heavy atom. The highest BCUT2D eigenvalue weighted by Gasteiger charge is 2.26. The number of nitrogens with two attached hydrogens (primary N) is 1. The molecule has 1 saturated heterocycles. The van der Waals surface area contributed by atoms with Gasteiger partial charge in [-0.2, -0.15) is 0 Å². The number of piperidine rings is 1. The number of hydrogen-bond acceptors (Lipinski definition) is 4. The van der Waals surface area contributed by atoms with Crippen LogP contribution < -0.4 is 10.6 Å². The van der Waals surface area contributed by atoms with Crippen LogP contribution in [0.1, 0.15) is 13.3 Å². The lowest BCUT2D eigenvalue weighted by Gasteiger charge is -2.37. The maximum Gasteiger partial charge on any atom is 0.139 e. The zero-order valence-electron chi connectivity index (χ0n) is 10.7. The molecule has 4 heteroatoms. The van der Waals surface area contributed by atoms with Gasteiger partial charge in [-0.3, -0.25) is 0 Å². The number of hydrogen-bond donors (Lipinski definition) is 1. The van der Waals surface area contributed by atoms with Crippen molar-refractivity contribution in [3.8, 4) is 0 Å². The van der Waals surface area contributed by atoms with Crippen LogP contribution in [0.4, 0.5) is 5.82 Å². The van der Waals surface area contributed by atoms with E-state index in [0.717, 1.165) is 36.4 Å². The molecule has 0 aliphatic carbocycles. The average Bonchev–Trinajstić information content (AvgIpc) is 2.87. The molecule has 0 aromatic carbocycles. The van der Waals surface area contributed by atoms with Crippen molar-refractivity contribution in [1.82, 2.24) is 4.98 Å². The van der Waals surface area contributed by atoms with Gasteiger partial charge in [0.05, 0.1) is 11.6 Å². The average molecular weight is 245 g/mol. The smallest absolute Gasteiger partial charge is 0.139 e. The zero-order valence-corrected chi connectivity index (χ0v) is 10.7. The summed E-state index contributed by atoms with van der Waals surface area (Å²) < 4.78 is 5.43. The molecule has 96 valence electrons. The lowest BCUT2D eigenvalue weighted by Crippen LogP contribution is -2.43. The first-order valence-electron chi connectivity index (χ1n) is 6.57. The Morgan fingerprint density at radius 2 is 2.39 bits per heavy atom. The summed E-state index contributed by atoms with van der Waals surface area (Å²) in [6, 6.07) is 3.90. The van der Waals surface area contributed by atoms with Crippen LogP contribution in [0.25, 0.3) is 11.0 Å². The summed E-state index contributed by atoms with van der Waals surface area (Å²) in [5.41, 5.74) is 6.77. The van der Waals surface area contributed by atoms with Crippen molar-refractivity contribution in [2.45, 2.75) is 13.3 Å². The molecule has 3 heterocycles. The van der Waals surface area contributed by atoms with Crippen LogP contribution >= 0.6 is 0 Å². The van der Waals surface area contributed by atoms with E-state index in [9.17, 15) is 0 Å². The fourth-order valence-corrected chi connectivity index (χ4v) is 2.78. The van der Waals surface area contributed by atoms with Gasteiger partial charge in [0.2, 0.25) is 0 Å². The molecule has 0 radical (unpaired) electrons. The number of rotatable bonds is 2. The monoisotopic (exact) mass is 245 g/mol. The highest BCUT2D eigenvalue weighted by Crippen LogP contribution is 2.30. The number of aromatic nitrogens is 1. The van der Waals surface area contributed by atoms with E-state index >= 15 is 0 Å². The summed E-state index contributed by atoms with van der Waals surface area (Å²) in [5, 5.41) is 1.10. The van der Waals surface area contributed by atoms with Crippen LogP contribution in [-0.4, -0.2) is 24.6 Å². The van der Waals surface area contributed by atoms with Crippen LogP contribution in [0, 0.1) is 11.8 Å². The molecule has 1 aliphatic rings. The summed E-state index contributed by atoms with van der Waals surface area (Å²) in [6.45, 7) is 5.09. The lowest BCUT2D eigenvalue weighted by molar-refractivity contribution is 0.307. The van der Waals surface area contributed by atoms with E-state index in [1.807, 2.05) is 18.3 Å². The Balaban J connectivity index is 1.93. The fraction of sp³-hybridized carbons (Fsp3) is 0.500. The van der Waals surface area contributed by atoms with Gasteiger partial charge in [0.25, 0.3) is 0 Å². The Morgan fingerprint density at radius 3 is 3.22 bits per heavy atom. The van der Waals surface area contributed by atoms with E-state index < -0.39 is 0 Å². The van der Waals surface area contributed by atoms with Crippen molar-refractivity contribution in [1.29, 1.82) is 0 Å². The van der Waals surface area contributed by atoms with Crippen molar-refractivity contribution in [2.24, 2.45) is 17.6 Å². The van der Waals surface area contributed by atoms with Crippen molar-refractivity contribution in [3.05, 3.63) is 24.6 Å². The molecule has 0 amide bonds. The first-order valence-corrected chi connectivity index (χ1v) is 6.57. The third-order valence-electron chi connectivity index (χ3n) is 4.08. The summed E-state index contributed by atoms with van der Waals surface area (Å²) in [7, 11) is 0. The van der Waals surface area contributed by atoms with Gasteiger partial charge >= 0.3 is 0 Å². The Labute approximate surface area is 107 Å². The topological polar surface area (TPSA) is 55.3 Å². The molecular weight excluding hydrogens is 226 g/mol. The van der Waals surface area contributed by atoms with Gasteiger partial charge < -0.3 is 15.1 Å². The molecule has 2 N–H and O–H groups in total. The minimum atomic E-state index is 0.558. The summed E-state index contributed by atoms with van der Waals surface area (Å²) in [6.07, 6.45) is 4.72. The summed E-state index contributed by atoms with van der Waals surface area (Å²) in [5.74, 6) is 2.30. The van der Waals surface area contributed by atoms with Crippen LogP contribution in [0.2, 0.25) is 0 Å². The number of anilines is 1. The molecule has 4 nitrogen and oxygen atoms in total. The molecule has 2 unspecified atom stereocenters. The Bertz CT molecular complexity index is 537. The van der Waals surface area contributed by atoms with Crippen molar-refractivity contribution in [2.75, 3.05) is 24.5 Å². The molecule has 18 heavy (non-hydrogen) atoms. The molecule has 3 rings (SSSR count). The maximum atomic E-state index is 5.86. The molecule has 2 aromatic heterocycles. The highest BCUT2D eigenvalue weighted by atomic mass is 16.3. The standard InChI is InChI=1S/C14H19N3O/c1-10-3-6-17(9-11(10)8-15)14-12-4-7-18-13(12)2-5-16-14/h2,4-5,7,10-11H,3,6,8-9,15H2,1H3. The second-order valence-corrected chi connectivity index (χ2v) is 5.17. The number of furan rings is 1. The molecule has 0 spiro atoms. The van der Waals surface area contributed by atoms with Gasteiger partial charge in [-0.15, -0.1) is 0 Å². The third-order valence-corrected chi connectivity index (χ3v) is 4.08. The van der Waals surface area contributed by atoms with Gasteiger partial charge in [0.15, 0.2) is 0 Å². The maximum absolute atomic E-state index is 5.86. The van der Waals surface area contributed by atoms with Crippen LogP contribution in [0.3, 0.4) is 0 Å². The van der Waals surface area contributed by atoms with E-state index in [1.165, 1.54) is 6.42 Å². The first-order chi connectivity index (χ1) is 8.79. The zero-order chi connectivity index (χ0) is 12.5. The van der Waals surface area contributed by atoms with Crippen molar-refractivity contribution >= 4 is 16.8 Å². The minimum absolute atomic E-state index is 0.558. The number of nitrogens with zero attached hydrogens (tertiary/aromatic N) is 2. The summed E-state index contributed by atoms with van der Waals surface area (Å²) in [4.78, 5) is 6.86. The molecule has 0 saturated carbocycles. The molecule has 2 aromatic rings. The second kappa shape index (κ2) is 4.61.